The van der Waals surface area contributed by atoms with Crippen LogP contribution in [-0.4, -0.2) is 35.0 Å². The molecule has 3 rings (SSSR count). The fraction of sp³-hybridized carbons (Fsp3) is 0.353. The summed E-state index contributed by atoms with van der Waals surface area (Å²) < 4.78 is 5.04. The van der Waals surface area contributed by atoms with Crippen molar-refractivity contribution in [3.05, 3.63) is 47.2 Å². The molecule has 24 heavy (non-hydrogen) atoms. The van der Waals surface area contributed by atoms with Gasteiger partial charge in [0.2, 0.25) is 0 Å². The zero-order chi connectivity index (χ0) is 17.3. The second kappa shape index (κ2) is 6.45. The second-order valence-corrected chi connectivity index (χ2v) is 6.00. The average molecular weight is 329 g/mol. The van der Waals surface area contributed by atoms with Crippen LogP contribution < -0.4 is 5.32 Å². The molecule has 7 nitrogen and oxygen atoms in total. The minimum Gasteiger partial charge on any atom is -0.448 e. The average Bonchev–Trinajstić information content (AvgIpc) is 3.17. The zero-order valence-corrected chi connectivity index (χ0v) is 13.8. The van der Waals surface area contributed by atoms with E-state index in [4.69, 9.17) is 9.25 Å². The number of aryl methyl sites for hydroxylation is 2. The molecule has 0 spiro atoms. The first-order chi connectivity index (χ1) is 11.4. The van der Waals surface area contributed by atoms with Gasteiger partial charge in [0.15, 0.2) is 11.6 Å². The molecule has 1 aromatic carbocycles. The predicted molar refractivity (Wildman–Crippen MR) is 86.5 cm³/mol. The van der Waals surface area contributed by atoms with Gasteiger partial charge in [0.1, 0.15) is 6.26 Å². The van der Waals surface area contributed by atoms with E-state index in [0.717, 1.165) is 5.56 Å². The molecule has 7 heteroatoms. The highest BCUT2D eigenvalue weighted by Gasteiger charge is 2.26. The van der Waals surface area contributed by atoms with Crippen molar-refractivity contribution >= 4 is 17.5 Å². The van der Waals surface area contributed by atoms with Crippen molar-refractivity contribution in [2.24, 2.45) is 5.92 Å². The number of carbonyl (C=O) groups excluding carboxylic acids is 2. The Labute approximate surface area is 139 Å². The fourth-order valence-electron chi connectivity index (χ4n) is 2.43. The largest absolute Gasteiger partial charge is 0.448 e. The molecule has 1 fully saturated rings. The number of carbonyl (C=O) groups is 2. The molecule has 2 amide bonds. The van der Waals surface area contributed by atoms with Crippen molar-refractivity contribution in [2.45, 2.75) is 20.8 Å². The Morgan fingerprint density at radius 2 is 2.12 bits per heavy atom. The first kappa shape index (κ1) is 16.2. The fourth-order valence-corrected chi connectivity index (χ4v) is 2.43. The number of benzene rings is 1. The van der Waals surface area contributed by atoms with E-state index in [2.05, 4.69) is 10.3 Å². The van der Waals surface area contributed by atoms with Crippen LogP contribution in [0.25, 0.3) is 0 Å². The van der Waals surface area contributed by atoms with E-state index < -0.39 is 0 Å². The molecule has 1 N–H and O–H groups in total. The number of hydrogen-bond acceptors (Lipinski definition) is 5. The minimum atomic E-state index is -0.384. The lowest BCUT2D eigenvalue weighted by atomic mass is 10.1. The highest BCUT2D eigenvalue weighted by molar-refractivity contribution is 6.04. The van der Waals surface area contributed by atoms with Crippen molar-refractivity contribution in [1.29, 1.82) is 0 Å². The number of rotatable bonds is 3. The van der Waals surface area contributed by atoms with Crippen LogP contribution in [0.3, 0.4) is 0 Å². The lowest BCUT2D eigenvalue weighted by molar-refractivity contribution is -0.0772. The number of amides is 2. The van der Waals surface area contributed by atoms with Crippen LogP contribution in [0.2, 0.25) is 0 Å². The maximum atomic E-state index is 12.5. The summed E-state index contributed by atoms with van der Waals surface area (Å²) in [6.45, 7) is 6.64. The maximum absolute atomic E-state index is 12.5. The van der Waals surface area contributed by atoms with Gasteiger partial charge in [-0.05, 0) is 24.6 Å². The van der Waals surface area contributed by atoms with Crippen molar-refractivity contribution in [2.75, 3.05) is 18.5 Å². The molecular weight excluding hydrogens is 310 g/mol. The molecule has 0 aliphatic carbocycles. The van der Waals surface area contributed by atoms with E-state index in [1.807, 2.05) is 13.8 Å². The quantitative estimate of drug-likeness (QED) is 0.935. The number of nitrogens with zero attached hydrogens (tertiary/aromatic N) is 2. The molecule has 0 saturated carbocycles. The third kappa shape index (κ3) is 3.30. The van der Waals surface area contributed by atoms with Gasteiger partial charge < -0.3 is 9.73 Å². The van der Waals surface area contributed by atoms with Gasteiger partial charge >= 0.3 is 0 Å². The molecule has 1 atom stereocenters. The zero-order valence-electron chi connectivity index (χ0n) is 13.8. The van der Waals surface area contributed by atoms with E-state index in [1.54, 1.807) is 25.1 Å². The minimum absolute atomic E-state index is 0.195. The van der Waals surface area contributed by atoms with Gasteiger partial charge in [-0.15, -0.1) is 0 Å². The topological polar surface area (TPSA) is 84.7 Å². The van der Waals surface area contributed by atoms with Crippen molar-refractivity contribution < 1.29 is 18.8 Å². The summed E-state index contributed by atoms with van der Waals surface area (Å²) in [4.78, 5) is 34.1. The third-order valence-electron chi connectivity index (χ3n) is 3.80. The first-order valence-corrected chi connectivity index (χ1v) is 7.73. The van der Waals surface area contributed by atoms with Crippen LogP contribution in [0.4, 0.5) is 5.69 Å². The third-order valence-corrected chi connectivity index (χ3v) is 3.80. The molecule has 0 radical (unpaired) electrons. The van der Waals surface area contributed by atoms with Crippen LogP contribution in [0.1, 0.15) is 39.2 Å². The van der Waals surface area contributed by atoms with Gasteiger partial charge in [0.05, 0.1) is 13.2 Å². The normalized spacial score (nSPS) is 17.1. The number of hydrogen-bond donors (Lipinski definition) is 1. The number of anilines is 1. The van der Waals surface area contributed by atoms with Gasteiger partial charge in [-0.3, -0.25) is 14.4 Å². The predicted octanol–water partition coefficient (Wildman–Crippen LogP) is 2.57. The monoisotopic (exact) mass is 329 g/mol. The maximum Gasteiger partial charge on any atom is 0.277 e. The van der Waals surface area contributed by atoms with Crippen LogP contribution in [-0.2, 0) is 4.84 Å². The highest BCUT2D eigenvalue weighted by Crippen LogP contribution is 2.21. The summed E-state index contributed by atoms with van der Waals surface area (Å²) in [5, 5.41) is 4.12. The van der Waals surface area contributed by atoms with E-state index in [9.17, 15) is 9.59 Å². The summed E-state index contributed by atoms with van der Waals surface area (Å²) in [6, 6.07) is 5.16. The van der Waals surface area contributed by atoms with Gasteiger partial charge in [0, 0.05) is 24.1 Å². The summed E-state index contributed by atoms with van der Waals surface area (Å²) in [5.41, 5.74) is 2.05. The molecule has 1 aliphatic rings. The Kier molecular flexibility index (Phi) is 4.35. The Morgan fingerprint density at radius 1 is 1.33 bits per heavy atom. The molecule has 0 bridgehead atoms. The van der Waals surface area contributed by atoms with E-state index >= 15 is 0 Å². The van der Waals surface area contributed by atoms with Gasteiger partial charge in [-0.1, -0.05) is 13.0 Å². The van der Waals surface area contributed by atoms with Crippen molar-refractivity contribution in [3.63, 3.8) is 0 Å². The van der Waals surface area contributed by atoms with Crippen molar-refractivity contribution in [1.82, 2.24) is 10.0 Å². The molecular formula is C17H19N3O4. The Hall–Kier alpha value is -2.67. The van der Waals surface area contributed by atoms with E-state index in [1.165, 1.54) is 11.3 Å². The lowest BCUT2D eigenvalue weighted by Gasteiger charge is -2.15. The van der Waals surface area contributed by atoms with Gasteiger partial charge in [0.25, 0.3) is 11.8 Å². The summed E-state index contributed by atoms with van der Waals surface area (Å²) >= 11 is 0. The van der Waals surface area contributed by atoms with Crippen LogP contribution in [0, 0.1) is 19.8 Å². The summed E-state index contributed by atoms with van der Waals surface area (Å²) in [7, 11) is 0. The molecule has 2 aromatic rings. The number of oxazole rings is 1. The van der Waals surface area contributed by atoms with E-state index in [0.29, 0.717) is 36.2 Å². The second-order valence-electron chi connectivity index (χ2n) is 6.00. The van der Waals surface area contributed by atoms with Crippen molar-refractivity contribution in [3.8, 4) is 0 Å². The molecule has 1 saturated heterocycles. The number of aromatic nitrogens is 1. The summed E-state index contributed by atoms with van der Waals surface area (Å²) in [5.74, 6) is 0.132. The molecule has 126 valence electrons. The number of nitrogens with one attached hydrogen (secondary N) is 1. The van der Waals surface area contributed by atoms with Gasteiger partial charge in [-0.2, -0.15) is 0 Å². The number of hydroxylamine groups is 2. The molecule has 1 unspecified atom stereocenters. The highest BCUT2D eigenvalue weighted by atomic mass is 16.7. The van der Waals surface area contributed by atoms with Crippen LogP contribution in [0.5, 0.6) is 0 Å². The Morgan fingerprint density at radius 3 is 2.75 bits per heavy atom. The Balaban J connectivity index is 1.78. The van der Waals surface area contributed by atoms with Crippen LogP contribution >= 0.6 is 0 Å². The standard InChI is InChI=1S/C17H19N3O4/c1-10-7-20(24-8-10)17(22)13-5-4-11(2)14(6-13)19-16(21)15-9-23-12(3)18-15/h4-6,9-10H,7-8H2,1-3H3,(H,19,21). The van der Waals surface area contributed by atoms with Crippen LogP contribution in [0.15, 0.2) is 28.9 Å². The molecule has 1 aliphatic heterocycles. The van der Waals surface area contributed by atoms with E-state index in [-0.39, 0.29) is 17.5 Å². The Bertz CT molecular complexity index is 784. The first-order valence-electron chi connectivity index (χ1n) is 7.73. The lowest BCUT2D eigenvalue weighted by Crippen LogP contribution is -2.27. The van der Waals surface area contributed by atoms with Gasteiger partial charge in [-0.25, -0.2) is 10.0 Å². The summed E-state index contributed by atoms with van der Waals surface area (Å²) in [6.07, 6.45) is 1.30. The SMILES string of the molecule is Cc1nc(C(=O)Nc2cc(C(=O)N3CC(C)CO3)ccc2C)co1. The molecule has 2 heterocycles. The smallest absolute Gasteiger partial charge is 0.277 e. The molecule has 1 aromatic heterocycles.